The number of fused-ring (bicyclic) bond motifs is 3. The van der Waals surface area contributed by atoms with E-state index in [-0.39, 0.29) is 40.2 Å². The Morgan fingerprint density at radius 3 is 2.45 bits per heavy atom. The minimum atomic E-state index is -4.63. The Hall–Kier alpha value is -5.79. The van der Waals surface area contributed by atoms with Gasteiger partial charge in [0.25, 0.3) is 21.6 Å². The molecule has 3 atom stereocenters. The fourth-order valence-corrected chi connectivity index (χ4v) is 13.9. The molecule has 73 heavy (non-hydrogen) atoms. The van der Waals surface area contributed by atoms with Crippen molar-refractivity contribution in [1.82, 2.24) is 19.6 Å². The molecule has 17 nitrogen and oxygen atoms in total. The van der Waals surface area contributed by atoms with Crippen molar-refractivity contribution >= 4 is 55.4 Å². The van der Waals surface area contributed by atoms with Crippen LogP contribution in [0.3, 0.4) is 0 Å². The van der Waals surface area contributed by atoms with Gasteiger partial charge in [0.2, 0.25) is 5.88 Å². The number of aromatic nitrogens is 2. The first-order chi connectivity index (χ1) is 35.0. The summed E-state index contributed by atoms with van der Waals surface area (Å²) in [4.78, 5) is 41.4. The molecule has 0 radical (unpaired) electrons. The van der Waals surface area contributed by atoms with Crippen LogP contribution < -0.4 is 24.6 Å². The molecule has 0 bridgehead atoms. The molecular weight excluding hydrogens is 949 g/mol. The van der Waals surface area contributed by atoms with Crippen molar-refractivity contribution in [3.05, 3.63) is 106 Å². The minimum Gasteiger partial charge on any atom is -0.468 e. The third-order valence-electron chi connectivity index (χ3n) is 17.2. The molecule has 6 aliphatic rings. The van der Waals surface area contributed by atoms with E-state index in [1.807, 2.05) is 37.4 Å². The van der Waals surface area contributed by atoms with Gasteiger partial charge in [0.05, 0.1) is 52.0 Å². The maximum atomic E-state index is 14.7. The van der Waals surface area contributed by atoms with E-state index in [2.05, 4.69) is 74.8 Å². The molecule has 5 fully saturated rings. The highest BCUT2D eigenvalue weighted by molar-refractivity contribution is 7.90. The molecule has 4 aliphatic heterocycles. The fraction of sp³-hybridized carbons (Fsp3) is 0.527. The normalized spacial score (nSPS) is 26.3. The standard InChI is InChI=1S/C55H68N8O9S/c1-35-7-5-6-8-41(35)48-33-71-26-21-53(2,3)62(48)39-30-55(31-39)19-23-60(24-20-55)38-9-11-42(45(28-38)61-44-16-25-70-34-49(44)72-52-47(61)27-37-15-22-56-50(37)58-52)51(64)59-73(68,69)40-10-12-43(46(29-40)63(66)67)57-32-36-13-17-54(4,65)18-14-36/h5-12,15,22,27-29,36,39,44,48-49,57,65H,13-14,16-21,23-26,30-34H2,1-4H3,(H,56,58)(H,59,64)/t36?,44-,48-,49-,54?/m0/s1. The van der Waals surface area contributed by atoms with Crippen molar-refractivity contribution in [3.63, 3.8) is 0 Å². The summed E-state index contributed by atoms with van der Waals surface area (Å²) in [5.41, 5.74) is 4.67. The van der Waals surface area contributed by atoms with Crippen LogP contribution in [0.2, 0.25) is 0 Å². The number of carbonyl (C=O) groups is 1. The number of amides is 1. The van der Waals surface area contributed by atoms with E-state index < -0.39 is 43.1 Å². The Morgan fingerprint density at radius 1 is 0.918 bits per heavy atom. The van der Waals surface area contributed by atoms with Crippen molar-refractivity contribution < 1.29 is 37.5 Å². The number of pyridine rings is 1. The number of aliphatic hydroxyl groups is 1. The second kappa shape index (κ2) is 19.2. The van der Waals surface area contributed by atoms with Crippen LogP contribution in [0.1, 0.15) is 113 Å². The third kappa shape index (κ3) is 9.65. The first-order valence-electron chi connectivity index (χ1n) is 26.1. The van der Waals surface area contributed by atoms with Gasteiger partial charge in [-0.2, -0.15) is 4.98 Å². The molecule has 2 aliphatic carbocycles. The van der Waals surface area contributed by atoms with Gasteiger partial charge in [0.1, 0.15) is 23.1 Å². The second-order valence-electron chi connectivity index (χ2n) is 22.5. The molecule has 1 amide bonds. The lowest BCUT2D eigenvalue weighted by Gasteiger charge is -2.59. The van der Waals surface area contributed by atoms with E-state index in [0.29, 0.717) is 74.6 Å². The number of H-pyrrole nitrogens is 1. The predicted molar refractivity (Wildman–Crippen MR) is 279 cm³/mol. The molecule has 2 aromatic heterocycles. The topological polar surface area (TPSA) is 205 Å². The molecule has 4 N–H and O–H groups in total. The zero-order chi connectivity index (χ0) is 50.9. The summed E-state index contributed by atoms with van der Waals surface area (Å²) in [6, 6.07) is 22.2. The lowest BCUT2D eigenvalue weighted by molar-refractivity contribution is -0.384. The van der Waals surface area contributed by atoms with Gasteiger partial charge in [-0.25, -0.2) is 13.1 Å². The number of benzene rings is 3. The lowest BCUT2D eigenvalue weighted by Crippen LogP contribution is -2.61. The predicted octanol–water partition coefficient (Wildman–Crippen LogP) is 8.93. The number of piperidine rings is 1. The maximum Gasteiger partial charge on any atom is 0.293 e. The van der Waals surface area contributed by atoms with Gasteiger partial charge >= 0.3 is 0 Å². The van der Waals surface area contributed by atoms with E-state index in [1.165, 1.54) is 23.3 Å². The Morgan fingerprint density at radius 2 is 1.68 bits per heavy atom. The highest BCUT2D eigenvalue weighted by Crippen LogP contribution is 2.55. The largest absolute Gasteiger partial charge is 0.468 e. The Labute approximate surface area is 427 Å². The van der Waals surface area contributed by atoms with Crippen LogP contribution in [0, 0.1) is 28.4 Å². The van der Waals surface area contributed by atoms with Crippen molar-refractivity contribution in [2.45, 2.75) is 132 Å². The van der Waals surface area contributed by atoms with E-state index in [0.717, 1.165) is 81.8 Å². The zero-order valence-corrected chi connectivity index (χ0v) is 43.1. The van der Waals surface area contributed by atoms with Gasteiger partial charge in [-0.3, -0.25) is 19.8 Å². The van der Waals surface area contributed by atoms with E-state index in [1.54, 1.807) is 6.07 Å². The number of aromatic amines is 1. The first kappa shape index (κ1) is 49.4. The SMILES string of the molecule is Cc1ccccc1[C@@H]1COCCC(C)(C)N1C1CC2(CCN(c3ccc(C(=O)NS(=O)(=O)c4ccc(NCC5CCC(C)(O)CC5)c([N+](=O)[O-])c4)c(N4c5cc6cc[nH]c6nc5O[C@H]5COCC[C@@H]54)c3)CC2)C1. The van der Waals surface area contributed by atoms with Gasteiger partial charge in [-0.15, -0.1) is 0 Å². The Kier molecular flexibility index (Phi) is 13.0. The number of aryl methyl sites for hydroxylation is 1. The molecule has 2 saturated carbocycles. The summed E-state index contributed by atoms with van der Waals surface area (Å²) >= 11 is 0. The van der Waals surface area contributed by atoms with Crippen LogP contribution in [0.25, 0.3) is 11.0 Å². The molecule has 1 spiro atoms. The smallest absolute Gasteiger partial charge is 0.293 e. The summed E-state index contributed by atoms with van der Waals surface area (Å²) in [6.07, 6.45) is 9.98. The molecule has 3 aromatic carbocycles. The number of ether oxygens (including phenoxy) is 3. The summed E-state index contributed by atoms with van der Waals surface area (Å²) in [6.45, 7) is 13.0. The quantitative estimate of drug-likeness (QED) is 0.0721. The van der Waals surface area contributed by atoms with Crippen LogP contribution in [-0.4, -0.2) is 115 Å². The maximum absolute atomic E-state index is 14.7. The molecule has 11 rings (SSSR count). The molecule has 388 valence electrons. The summed E-state index contributed by atoms with van der Waals surface area (Å²) in [7, 11) is -4.63. The molecular formula is C55H68N8O9S. The van der Waals surface area contributed by atoms with E-state index in [9.17, 15) is 28.4 Å². The van der Waals surface area contributed by atoms with Crippen LogP contribution in [0.4, 0.5) is 28.4 Å². The molecule has 6 heterocycles. The van der Waals surface area contributed by atoms with Crippen LogP contribution in [-0.2, 0) is 19.5 Å². The van der Waals surface area contributed by atoms with Gasteiger partial charge < -0.3 is 39.4 Å². The van der Waals surface area contributed by atoms with Gasteiger partial charge in [0.15, 0.2) is 0 Å². The zero-order valence-electron chi connectivity index (χ0n) is 42.3. The second-order valence-corrected chi connectivity index (χ2v) is 24.2. The van der Waals surface area contributed by atoms with Crippen molar-refractivity contribution in [3.8, 4) is 5.88 Å². The molecule has 0 unspecified atom stereocenters. The molecule has 18 heteroatoms. The summed E-state index contributed by atoms with van der Waals surface area (Å²) in [5, 5.41) is 26.8. The summed E-state index contributed by atoms with van der Waals surface area (Å²) in [5.74, 6) is -0.317. The number of nitrogens with zero attached hydrogens (tertiary/aromatic N) is 5. The number of anilines is 4. The first-order valence-corrected chi connectivity index (χ1v) is 27.6. The number of rotatable bonds is 11. The number of hydrogen-bond donors (Lipinski definition) is 4. The fourth-order valence-electron chi connectivity index (χ4n) is 12.9. The van der Waals surface area contributed by atoms with Gasteiger partial charge in [-0.05, 0) is 157 Å². The number of hydrogen-bond acceptors (Lipinski definition) is 14. The Bertz CT molecular complexity index is 3010. The highest BCUT2D eigenvalue weighted by Gasteiger charge is 2.53. The van der Waals surface area contributed by atoms with Gasteiger partial charge in [0, 0.05) is 67.8 Å². The monoisotopic (exact) mass is 1020 g/mol. The van der Waals surface area contributed by atoms with Crippen LogP contribution >= 0.6 is 0 Å². The third-order valence-corrected chi connectivity index (χ3v) is 18.5. The number of carbonyl (C=O) groups excluding carboxylic acids is 1. The number of sulfonamides is 1. The average molecular weight is 1020 g/mol. The number of nitro groups is 1. The number of nitro benzene ring substituents is 1. The van der Waals surface area contributed by atoms with Crippen molar-refractivity contribution in [1.29, 1.82) is 0 Å². The van der Waals surface area contributed by atoms with Crippen LogP contribution in [0.15, 0.2) is 83.9 Å². The van der Waals surface area contributed by atoms with Crippen molar-refractivity contribution in [2.24, 2.45) is 11.3 Å². The van der Waals surface area contributed by atoms with E-state index in [4.69, 9.17) is 19.2 Å². The van der Waals surface area contributed by atoms with Crippen LogP contribution in [0.5, 0.6) is 5.88 Å². The average Bonchev–Trinajstić information content (AvgIpc) is 3.76. The van der Waals surface area contributed by atoms with Gasteiger partial charge in [-0.1, -0.05) is 24.3 Å². The molecule has 3 saturated heterocycles. The number of nitrogens with one attached hydrogen (secondary N) is 3. The van der Waals surface area contributed by atoms with E-state index >= 15 is 0 Å². The highest BCUT2D eigenvalue weighted by atomic mass is 32.2. The summed E-state index contributed by atoms with van der Waals surface area (Å²) < 4.78 is 49.4. The van der Waals surface area contributed by atoms with Crippen molar-refractivity contribution in [2.75, 3.05) is 61.2 Å². The Balaban J connectivity index is 0.875. The lowest BCUT2D eigenvalue weighted by atomic mass is 9.59. The molecule has 5 aromatic rings. The minimum absolute atomic E-state index is 0.0236.